The van der Waals surface area contributed by atoms with E-state index in [9.17, 15) is 14.5 Å². The van der Waals surface area contributed by atoms with Gasteiger partial charge in [-0.1, -0.05) is 0 Å². The first kappa shape index (κ1) is 18.0. The highest BCUT2D eigenvalue weighted by Gasteiger charge is 2.47. The summed E-state index contributed by atoms with van der Waals surface area (Å²) < 4.78 is 13.1. The maximum Gasteiger partial charge on any atom is 0.308 e. The Kier molecular flexibility index (Phi) is 4.30. The Bertz CT molecular complexity index is 966. The number of rotatable bonds is 5. The van der Waals surface area contributed by atoms with Crippen LogP contribution in [0.1, 0.15) is 48.8 Å². The Balaban J connectivity index is 1.64. The second-order valence-corrected chi connectivity index (χ2v) is 6.90. The van der Waals surface area contributed by atoms with Gasteiger partial charge < -0.3 is 10.6 Å². The molecule has 2 aromatic rings. The van der Waals surface area contributed by atoms with E-state index in [1.165, 1.54) is 18.3 Å². The maximum absolute atomic E-state index is 13.1. The molecule has 0 radical (unpaired) electrons. The van der Waals surface area contributed by atoms with Crippen LogP contribution in [-0.4, -0.2) is 26.1 Å². The largest absolute Gasteiger partial charge is 0.327 e. The topological polar surface area (TPSA) is 147 Å². The summed E-state index contributed by atoms with van der Waals surface area (Å²) in [6.45, 7) is 1.77. The van der Waals surface area contributed by atoms with Gasteiger partial charge in [-0.25, -0.2) is 9.38 Å². The molecular formula is C17H19FN8O2. The van der Waals surface area contributed by atoms with Crippen molar-refractivity contribution in [3.63, 3.8) is 0 Å². The Morgan fingerprint density at radius 1 is 1.46 bits per heavy atom. The van der Waals surface area contributed by atoms with Gasteiger partial charge in [0.2, 0.25) is 5.66 Å². The zero-order chi connectivity index (χ0) is 19.9. The molecule has 11 heteroatoms. The third-order valence-electron chi connectivity index (χ3n) is 4.78. The van der Waals surface area contributed by atoms with Crippen LogP contribution in [0.2, 0.25) is 0 Å². The van der Waals surface area contributed by atoms with Crippen molar-refractivity contribution in [3.8, 4) is 0 Å². The molecule has 10 nitrogen and oxygen atoms in total. The summed E-state index contributed by atoms with van der Waals surface area (Å²) in [6.07, 6.45) is 4.42. The average Bonchev–Trinajstić information content (AvgIpc) is 3.38. The molecule has 0 amide bonds. The number of hydrogen-bond donors (Lipinski definition) is 4. The normalized spacial score (nSPS) is 24.2. The summed E-state index contributed by atoms with van der Waals surface area (Å²) >= 11 is 0. The lowest BCUT2D eigenvalue weighted by molar-refractivity contribution is -0.438. The van der Waals surface area contributed by atoms with E-state index in [2.05, 4.69) is 30.8 Å². The first-order chi connectivity index (χ1) is 13.4. The molecule has 2 atom stereocenters. The number of nitrogens with two attached hydrogens (primary N) is 1. The maximum atomic E-state index is 13.1. The molecule has 2 aromatic heterocycles. The van der Waals surface area contributed by atoms with Crippen molar-refractivity contribution in [1.29, 1.82) is 0 Å². The molecule has 28 heavy (non-hydrogen) atoms. The number of pyridine rings is 1. The molecule has 1 aliphatic heterocycles. The molecule has 0 spiro atoms. The van der Waals surface area contributed by atoms with Crippen molar-refractivity contribution in [3.05, 3.63) is 69.3 Å². The van der Waals surface area contributed by atoms with Gasteiger partial charge in [0.15, 0.2) is 5.96 Å². The molecule has 4 rings (SSSR count). The number of nitrogens with zero attached hydrogens (tertiary/aromatic N) is 4. The summed E-state index contributed by atoms with van der Waals surface area (Å²) in [7, 11) is 0. The molecule has 0 aromatic carbocycles. The molecule has 1 aliphatic carbocycles. The highest BCUT2D eigenvalue weighted by molar-refractivity contribution is 5.83. The van der Waals surface area contributed by atoms with Crippen LogP contribution in [0.3, 0.4) is 0 Å². The lowest BCUT2D eigenvalue weighted by Gasteiger charge is -2.31. The minimum Gasteiger partial charge on any atom is -0.327 e. The van der Waals surface area contributed by atoms with Crippen LogP contribution >= 0.6 is 0 Å². The number of aromatic amines is 1. The van der Waals surface area contributed by atoms with E-state index in [0.29, 0.717) is 17.3 Å². The zero-order valence-corrected chi connectivity index (χ0v) is 15.0. The zero-order valence-electron chi connectivity index (χ0n) is 15.0. The predicted octanol–water partition coefficient (Wildman–Crippen LogP) is 1.36. The number of nitrogens with one attached hydrogen (secondary N) is 3. The summed E-state index contributed by atoms with van der Waals surface area (Å²) in [5, 5.41) is 24.3. The summed E-state index contributed by atoms with van der Waals surface area (Å²) in [6, 6.07) is 4.13. The number of hydrogen-bond acceptors (Lipinski definition) is 6. The van der Waals surface area contributed by atoms with Gasteiger partial charge in [-0.05, 0) is 38.0 Å². The number of aliphatic imine (C=N–C) groups is 1. The molecule has 2 aliphatic rings. The van der Waals surface area contributed by atoms with Crippen molar-refractivity contribution in [2.45, 2.75) is 37.4 Å². The van der Waals surface area contributed by atoms with Gasteiger partial charge in [0.25, 0.3) is 0 Å². The number of guanidine groups is 1. The van der Waals surface area contributed by atoms with Gasteiger partial charge in [-0.15, -0.1) is 0 Å². The number of H-pyrrole nitrogens is 1. The van der Waals surface area contributed by atoms with Crippen LogP contribution in [-0.2, 0) is 5.66 Å². The van der Waals surface area contributed by atoms with E-state index < -0.39 is 22.4 Å². The highest BCUT2D eigenvalue weighted by Crippen LogP contribution is 2.40. The molecule has 3 heterocycles. The average molecular weight is 386 g/mol. The SMILES string of the molecule is C[C@H](N=C1NC=C([N+](=O)[O-])C(N)(c2cc(C3CC3)[nH]n2)N1)c1ccc(F)cn1. The number of aromatic nitrogens is 3. The molecule has 146 valence electrons. The molecule has 1 fully saturated rings. The predicted molar refractivity (Wildman–Crippen MR) is 97.8 cm³/mol. The van der Waals surface area contributed by atoms with Crippen LogP contribution in [0, 0.1) is 15.9 Å². The number of halogens is 1. The quantitative estimate of drug-likeness (QED) is 0.448. The molecule has 5 N–H and O–H groups in total. The minimum absolute atomic E-state index is 0.225. The van der Waals surface area contributed by atoms with E-state index in [-0.39, 0.29) is 11.7 Å². The van der Waals surface area contributed by atoms with E-state index in [1.54, 1.807) is 13.0 Å². The van der Waals surface area contributed by atoms with Gasteiger partial charge in [-0.3, -0.25) is 25.9 Å². The Morgan fingerprint density at radius 3 is 2.89 bits per heavy atom. The van der Waals surface area contributed by atoms with Crippen LogP contribution in [0.5, 0.6) is 0 Å². The monoisotopic (exact) mass is 386 g/mol. The summed E-state index contributed by atoms with van der Waals surface area (Å²) in [5.74, 6) is 0.178. The smallest absolute Gasteiger partial charge is 0.308 e. The molecule has 1 unspecified atom stereocenters. The summed E-state index contributed by atoms with van der Waals surface area (Å²) in [4.78, 5) is 19.4. The van der Waals surface area contributed by atoms with Crippen molar-refractivity contribution < 1.29 is 9.31 Å². The fourth-order valence-electron chi connectivity index (χ4n) is 3.04. The number of nitro groups is 1. The first-order valence-electron chi connectivity index (χ1n) is 8.80. The lowest BCUT2D eigenvalue weighted by atomic mass is 10.0. The first-order valence-corrected chi connectivity index (χ1v) is 8.80. The third kappa shape index (κ3) is 3.31. The Morgan fingerprint density at radius 2 is 2.25 bits per heavy atom. The molecule has 0 saturated heterocycles. The Hall–Kier alpha value is -3.34. The second kappa shape index (κ2) is 6.68. The standard InChI is InChI=1S/C17H19FN8O2/c1-9(12-5-4-11(18)7-20-12)22-16-21-8-15(26(27)28)17(19,23-16)14-6-13(24-25-14)10-2-3-10/h4-10H,2-3,19H2,1H3,(H,24,25)(H2,21,22,23)/t9-,17?/m0/s1. The molecule has 1 saturated carbocycles. The van der Waals surface area contributed by atoms with E-state index in [4.69, 9.17) is 5.73 Å². The van der Waals surface area contributed by atoms with Crippen LogP contribution in [0.25, 0.3) is 0 Å². The van der Waals surface area contributed by atoms with Gasteiger partial charge in [-0.2, -0.15) is 5.10 Å². The van der Waals surface area contributed by atoms with Gasteiger partial charge in [0.1, 0.15) is 11.5 Å². The van der Waals surface area contributed by atoms with Gasteiger partial charge in [0.05, 0.1) is 29.1 Å². The fraction of sp³-hybridized carbons (Fsp3) is 0.353. The third-order valence-corrected chi connectivity index (χ3v) is 4.78. The highest BCUT2D eigenvalue weighted by atomic mass is 19.1. The van der Waals surface area contributed by atoms with E-state index in [0.717, 1.165) is 24.7 Å². The van der Waals surface area contributed by atoms with E-state index >= 15 is 0 Å². The lowest BCUT2D eigenvalue weighted by Crippen LogP contribution is -2.61. The molecular weight excluding hydrogens is 367 g/mol. The minimum atomic E-state index is -1.66. The van der Waals surface area contributed by atoms with Gasteiger partial charge in [0, 0.05) is 11.6 Å². The van der Waals surface area contributed by atoms with Crippen molar-refractivity contribution in [1.82, 2.24) is 25.8 Å². The van der Waals surface area contributed by atoms with Crippen molar-refractivity contribution >= 4 is 5.96 Å². The van der Waals surface area contributed by atoms with Crippen LogP contribution in [0.15, 0.2) is 41.3 Å². The van der Waals surface area contributed by atoms with Gasteiger partial charge >= 0.3 is 5.70 Å². The van der Waals surface area contributed by atoms with E-state index in [1.807, 2.05) is 0 Å². The molecule has 0 bridgehead atoms. The Labute approximate surface area is 159 Å². The van der Waals surface area contributed by atoms with Crippen LogP contribution in [0.4, 0.5) is 4.39 Å². The second-order valence-electron chi connectivity index (χ2n) is 6.90. The summed E-state index contributed by atoms with van der Waals surface area (Å²) in [5.41, 5.74) is 6.20. The van der Waals surface area contributed by atoms with Crippen molar-refractivity contribution in [2.75, 3.05) is 0 Å². The van der Waals surface area contributed by atoms with Crippen molar-refractivity contribution in [2.24, 2.45) is 10.7 Å². The van der Waals surface area contributed by atoms with Crippen LogP contribution < -0.4 is 16.4 Å². The fourth-order valence-corrected chi connectivity index (χ4v) is 3.04.